The Bertz CT molecular complexity index is 755. The summed E-state index contributed by atoms with van der Waals surface area (Å²) in [4.78, 5) is 11.2. The molecule has 0 unspecified atom stereocenters. The number of rotatable bonds is 4. The molecule has 2 aromatic rings. The zero-order valence-electron chi connectivity index (χ0n) is 10.8. The van der Waals surface area contributed by atoms with Crippen molar-refractivity contribution in [3.05, 3.63) is 59.7 Å². The largest absolute Gasteiger partial charge is 0.366 e. The Kier molecular flexibility index (Phi) is 3.76. The molecule has 0 aromatic heterocycles. The van der Waals surface area contributed by atoms with Crippen LogP contribution in [0.5, 0.6) is 0 Å². The Morgan fingerprint density at radius 3 is 2.45 bits per heavy atom. The third kappa shape index (κ3) is 3.16. The van der Waals surface area contributed by atoms with Gasteiger partial charge >= 0.3 is 0 Å². The van der Waals surface area contributed by atoms with Crippen molar-refractivity contribution >= 4 is 21.6 Å². The number of aryl methyl sites for hydroxylation is 1. The van der Waals surface area contributed by atoms with Gasteiger partial charge in [-0.05, 0) is 42.8 Å². The Morgan fingerprint density at radius 2 is 1.80 bits per heavy atom. The third-order valence-electron chi connectivity index (χ3n) is 2.70. The number of hydrogen-bond donors (Lipinski definition) is 2. The van der Waals surface area contributed by atoms with Crippen LogP contribution in [0.2, 0.25) is 0 Å². The van der Waals surface area contributed by atoms with E-state index in [4.69, 9.17) is 5.73 Å². The molecule has 104 valence electrons. The lowest BCUT2D eigenvalue weighted by Gasteiger charge is -2.09. The third-order valence-corrected chi connectivity index (χ3v) is 4.08. The van der Waals surface area contributed by atoms with Crippen molar-refractivity contribution in [2.45, 2.75) is 11.8 Å². The van der Waals surface area contributed by atoms with Crippen LogP contribution >= 0.6 is 0 Å². The Balaban J connectivity index is 2.33. The maximum atomic E-state index is 12.2. The summed E-state index contributed by atoms with van der Waals surface area (Å²) in [6, 6.07) is 12.6. The number of benzene rings is 2. The van der Waals surface area contributed by atoms with Crippen molar-refractivity contribution in [2.24, 2.45) is 5.73 Å². The summed E-state index contributed by atoms with van der Waals surface area (Å²) in [5, 5.41) is 0. The van der Waals surface area contributed by atoms with Gasteiger partial charge in [0.1, 0.15) is 0 Å². The highest BCUT2D eigenvalue weighted by Gasteiger charge is 2.14. The number of hydrogen-bond acceptors (Lipinski definition) is 3. The molecule has 5 nitrogen and oxygen atoms in total. The van der Waals surface area contributed by atoms with Gasteiger partial charge in [0.05, 0.1) is 4.90 Å². The second kappa shape index (κ2) is 5.34. The second-order valence-corrected chi connectivity index (χ2v) is 6.05. The summed E-state index contributed by atoms with van der Waals surface area (Å²) in [6.45, 7) is 1.81. The van der Waals surface area contributed by atoms with Crippen LogP contribution in [0.25, 0.3) is 0 Å². The first-order valence-electron chi connectivity index (χ1n) is 5.88. The quantitative estimate of drug-likeness (QED) is 0.901. The van der Waals surface area contributed by atoms with E-state index >= 15 is 0 Å². The molecule has 0 fully saturated rings. The number of anilines is 1. The van der Waals surface area contributed by atoms with E-state index in [0.29, 0.717) is 5.69 Å². The second-order valence-electron chi connectivity index (χ2n) is 4.37. The van der Waals surface area contributed by atoms with E-state index in [2.05, 4.69) is 4.72 Å². The number of carbonyl (C=O) groups is 1. The topological polar surface area (TPSA) is 89.3 Å². The van der Waals surface area contributed by atoms with E-state index in [0.717, 1.165) is 5.56 Å². The molecular weight excluding hydrogens is 276 g/mol. The van der Waals surface area contributed by atoms with E-state index in [1.165, 1.54) is 18.2 Å². The van der Waals surface area contributed by atoms with Crippen LogP contribution in [0.4, 0.5) is 5.69 Å². The molecule has 0 aliphatic carbocycles. The van der Waals surface area contributed by atoms with Gasteiger partial charge in [0.2, 0.25) is 5.91 Å². The van der Waals surface area contributed by atoms with Crippen molar-refractivity contribution in [3.63, 3.8) is 0 Å². The Labute approximate surface area is 117 Å². The monoisotopic (exact) mass is 290 g/mol. The summed E-state index contributed by atoms with van der Waals surface area (Å²) in [7, 11) is -3.68. The Morgan fingerprint density at radius 1 is 1.10 bits per heavy atom. The van der Waals surface area contributed by atoms with Crippen molar-refractivity contribution in [1.82, 2.24) is 0 Å². The van der Waals surface area contributed by atoms with Crippen LogP contribution in [0, 0.1) is 6.92 Å². The molecule has 20 heavy (non-hydrogen) atoms. The molecule has 0 heterocycles. The van der Waals surface area contributed by atoms with Crippen LogP contribution in [0.3, 0.4) is 0 Å². The molecule has 0 spiro atoms. The van der Waals surface area contributed by atoms with Gasteiger partial charge in [-0.3, -0.25) is 9.52 Å². The van der Waals surface area contributed by atoms with Gasteiger partial charge in [0.25, 0.3) is 10.0 Å². The molecule has 0 saturated carbocycles. The van der Waals surface area contributed by atoms with Gasteiger partial charge in [-0.1, -0.05) is 18.2 Å². The van der Waals surface area contributed by atoms with E-state index < -0.39 is 15.9 Å². The van der Waals surface area contributed by atoms with E-state index in [1.54, 1.807) is 24.3 Å². The summed E-state index contributed by atoms with van der Waals surface area (Å²) in [5.41, 5.74) is 6.55. The van der Waals surface area contributed by atoms with Crippen molar-refractivity contribution < 1.29 is 13.2 Å². The smallest absolute Gasteiger partial charge is 0.261 e. The first-order valence-corrected chi connectivity index (χ1v) is 7.36. The van der Waals surface area contributed by atoms with Crippen molar-refractivity contribution in [1.29, 1.82) is 0 Å². The average Bonchev–Trinajstić information content (AvgIpc) is 2.38. The van der Waals surface area contributed by atoms with Gasteiger partial charge in [-0.15, -0.1) is 0 Å². The van der Waals surface area contributed by atoms with Crippen molar-refractivity contribution in [2.75, 3.05) is 4.72 Å². The van der Waals surface area contributed by atoms with E-state index in [-0.39, 0.29) is 10.5 Å². The molecule has 0 radical (unpaired) electrons. The maximum absolute atomic E-state index is 12.2. The molecule has 3 N–H and O–H groups in total. The predicted octanol–water partition coefficient (Wildman–Crippen LogP) is 1.89. The number of nitrogens with two attached hydrogens (primary N) is 1. The molecule has 6 heteroatoms. The average molecular weight is 290 g/mol. The van der Waals surface area contributed by atoms with Gasteiger partial charge in [0.15, 0.2) is 0 Å². The Hall–Kier alpha value is -2.34. The van der Waals surface area contributed by atoms with Crippen LogP contribution in [-0.2, 0) is 10.0 Å². The number of amides is 1. The molecule has 2 rings (SSSR count). The SMILES string of the molecule is Cc1cccc(S(=O)(=O)Nc2cccc(C(N)=O)c2)c1. The standard InChI is InChI=1S/C14H14N2O3S/c1-10-4-2-7-13(8-10)20(18,19)16-12-6-3-5-11(9-12)14(15)17/h2-9,16H,1H3,(H2,15,17). The fraction of sp³-hybridized carbons (Fsp3) is 0.0714. The van der Waals surface area contributed by atoms with Gasteiger partial charge in [-0.25, -0.2) is 8.42 Å². The maximum Gasteiger partial charge on any atom is 0.261 e. The minimum Gasteiger partial charge on any atom is -0.366 e. The van der Waals surface area contributed by atoms with E-state index in [1.807, 2.05) is 13.0 Å². The summed E-state index contributed by atoms with van der Waals surface area (Å²) < 4.78 is 26.8. The minimum atomic E-state index is -3.68. The fourth-order valence-electron chi connectivity index (χ4n) is 1.73. The molecular formula is C14H14N2O3S. The number of carbonyl (C=O) groups excluding carboxylic acids is 1. The first kappa shape index (κ1) is 14.1. The molecule has 0 saturated heterocycles. The van der Waals surface area contributed by atoms with Gasteiger partial charge in [-0.2, -0.15) is 0 Å². The lowest BCUT2D eigenvalue weighted by atomic mass is 10.2. The van der Waals surface area contributed by atoms with Crippen LogP contribution < -0.4 is 10.5 Å². The number of sulfonamides is 1. The molecule has 0 aliphatic rings. The molecule has 0 aliphatic heterocycles. The molecule has 0 atom stereocenters. The fourth-order valence-corrected chi connectivity index (χ4v) is 2.89. The first-order chi connectivity index (χ1) is 9.38. The summed E-state index contributed by atoms with van der Waals surface area (Å²) in [5.74, 6) is -0.610. The highest BCUT2D eigenvalue weighted by atomic mass is 32.2. The molecule has 1 amide bonds. The zero-order chi connectivity index (χ0) is 14.8. The van der Waals surface area contributed by atoms with E-state index in [9.17, 15) is 13.2 Å². The minimum absolute atomic E-state index is 0.168. The normalized spacial score (nSPS) is 11.1. The van der Waals surface area contributed by atoms with Gasteiger partial charge < -0.3 is 5.73 Å². The summed E-state index contributed by atoms with van der Waals surface area (Å²) in [6.07, 6.45) is 0. The predicted molar refractivity (Wildman–Crippen MR) is 76.9 cm³/mol. The highest BCUT2D eigenvalue weighted by molar-refractivity contribution is 7.92. The molecule has 0 bridgehead atoms. The van der Waals surface area contributed by atoms with Crippen LogP contribution in [0.15, 0.2) is 53.4 Å². The summed E-state index contributed by atoms with van der Waals surface area (Å²) >= 11 is 0. The van der Waals surface area contributed by atoms with Crippen molar-refractivity contribution in [3.8, 4) is 0 Å². The zero-order valence-corrected chi connectivity index (χ0v) is 11.6. The van der Waals surface area contributed by atoms with Crippen LogP contribution in [-0.4, -0.2) is 14.3 Å². The van der Waals surface area contributed by atoms with Crippen LogP contribution in [0.1, 0.15) is 15.9 Å². The lowest BCUT2D eigenvalue weighted by molar-refractivity contribution is 0.100. The van der Waals surface area contributed by atoms with Gasteiger partial charge in [0, 0.05) is 11.3 Å². The number of nitrogens with one attached hydrogen (secondary N) is 1. The lowest BCUT2D eigenvalue weighted by Crippen LogP contribution is -2.15. The highest BCUT2D eigenvalue weighted by Crippen LogP contribution is 2.17. The molecule has 2 aromatic carbocycles. The number of primary amides is 1.